The zero-order valence-electron chi connectivity index (χ0n) is 14.3. The van der Waals surface area contributed by atoms with Crippen molar-refractivity contribution in [2.45, 2.75) is 6.04 Å². The number of benzene rings is 2. The third-order valence-electron chi connectivity index (χ3n) is 4.29. The zero-order chi connectivity index (χ0) is 17.8. The number of amides is 1. The molecule has 0 saturated heterocycles. The van der Waals surface area contributed by atoms with Crippen molar-refractivity contribution in [1.82, 2.24) is 5.32 Å². The van der Waals surface area contributed by atoms with Crippen LogP contribution in [-0.2, 0) is 0 Å². The van der Waals surface area contributed by atoms with Gasteiger partial charge in [-0.1, -0.05) is 42.5 Å². The normalized spacial score (nSPS) is 12.3. The van der Waals surface area contributed by atoms with Crippen molar-refractivity contribution in [3.05, 3.63) is 82.2 Å². The van der Waals surface area contributed by atoms with Crippen LogP contribution in [0.25, 0.3) is 11.0 Å². The van der Waals surface area contributed by atoms with Gasteiger partial charge in [-0.05, 0) is 12.1 Å². The molecule has 1 atom stereocenters. The number of nitrogens with one attached hydrogen (secondary N) is 2. The summed E-state index contributed by atoms with van der Waals surface area (Å²) in [5, 5.41) is 3.27. The quantitative estimate of drug-likeness (QED) is 0.740. The Morgan fingerprint density at radius 1 is 1.08 bits per heavy atom. The number of carbonyl (C=O) groups excluding carboxylic acids is 1. The van der Waals surface area contributed by atoms with Crippen molar-refractivity contribution in [1.29, 1.82) is 0 Å². The standard InChI is InChI=1S/C20H20N2O3/c1-22(2)17(14-8-4-3-5-9-14)12-21-20(24)16-13-25-18-11-7-6-10-15(18)19(16)23/h3-11,13,17H,12H2,1-2H3,(H,21,24)/p+1/t17-/m0/s1. The minimum absolute atomic E-state index is 0.0271. The smallest absolute Gasteiger partial charge is 0.258 e. The first-order valence-corrected chi connectivity index (χ1v) is 8.21. The molecule has 0 aliphatic carbocycles. The van der Waals surface area contributed by atoms with Crippen molar-refractivity contribution in [3.8, 4) is 0 Å². The number of para-hydroxylation sites is 1. The van der Waals surface area contributed by atoms with Gasteiger partial charge in [0.2, 0.25) is 5.43 Å². The lowest BCUT2D eigenvalue weighted by molar-refractivity contribution is -0.890. The lowest BCUT2D eigenvalue weighted by Gasteiger charge is -2.22. The highest BCUT2D eigenvalue weighted by molar-refractivity contribution is 5.96. The van der Waals surface area contributed by atoms with E-state index in [1.54, 1.807) is 24.3 Å². The minimum Gasteiger partial charge on any atom is -0.463 e. The van der Waals surface area contributed by atoms with Gasteiger partial charge in [0.25, 0.3) is 5.91 Å². The summed E-state index contributed by atoms with van der Waals surface area (Å²) >= 11 is 0. The van der Waals surface area contributed by atoms with Gasteiger partial charge in [-0.2, -0.15) is 0 Å². The Labute approximate surface area is 145 Å². The van der Waals surface area contributed by atoms with Crippen molar-refractivity contribution in [2.24, 2.45) is 0 Å². The Hall–Kier alpha value is -2.92. The van der Waals surface area contributed by atoms with E-state index >= 15 is 0 Å². The fourth-order valence-corrected chi connectivity index (χ4v) is 2.87. The number of quaternary nitrogens is 1. The number of fused-ring (bicyclic) bond motifs is 1. The predicted octanol–water partition coefficient (Wildman–Crippen LogP) is 1.41. The zero-order valence-corrected chi connectivity index (χ0v) is 14.3. The van der Waals surface area contributed by atoms with E-state index in [4.69, 9.17) is 4.42 Å². The van der Waals surface area contributed by atoms with Crippen molar-refractivity contribution < 1.29 is 14.1 Å². The first-order valence-electron chi connectivity index (χ1n) is 8.21. The topological polar surface area (TPSA) is 63.8 Å². The van der Waals surface area contributed by atoms with Crippen LogP contribution in [0.1, 0.15) is 22.0 Å². The highest BCUT2D eigenvalue weighted by atomic mass is 16.3. The Morgan fingerprint density at radius 2 is 1.76 bits per heavy atom. The molecular formula is C20H21N2O3+. The van der Waals surface area contributed by atoms with Crippen LogP contribution < -0.4 is 15.6 Å². The molecule has 0 spiro atoms. The Bertz CT molecular complexity index is 932. The van der Waals surface area contributed by atoms with Crippen molar-refractivity contribution in [2.75, 3.05) is 20.6 Å². The summed E-state index contributed by atoms with van der Waals surface area (Å²) in [6.45, 7) is 0.428. The first kappa shape index (κ1) is 16.9. The second-order valence-corrected chi connectivity index (χ2v) is 6.23. The van der Waals surface area contributed by atoms with Crippen LogP contribution in [0.5, 0.6) is 0 Å². The lowest BCUT2D eigenvalue weighted by Crippen LogP contribution is -3.07. The van der Waals surface area contributed by atoms with Crippen LogP contribution in [0, 0.1) is 0 Å². The largest absolute Gasteiger partial charge is 0.463 e. The molecule has 0 saturated carbocycles. The molecule has 2 aromatic carbocycles. The third kappa shape index (κ3) is 3.61. The molecule has 0 aliphatic heterocycles. The summed E-state index contributed by atoms with van der Waals surface area (Å²) in [5.74, 6) is -0.415. The van der Waals surface area contributed by atoms with Gasteiger partial charge in [0.1, 0.15) is 23.5 Å². The van der Waals surface area contributed by atoms with Crippen LogP contribution in [0.2, 0.25) is 0 Å². The van der Waals surface area contributed by atoms with E-state index in [9.17, 15) is 9.59 Å². The Kier molecular flexibility index (Phi) is 4.95. The van der Waals surface area contributed by atoms with Crippen molar-refractivity contribution in [3.63, 3.8) is 0 Å². The summed E-state index contributed by atoms with van der Waals surface area (Å²) in [7, 11) is 4.07. The molecule has 25 heavy (non-hydrogen) atoms. The number of hydrogen-bond acceptors (Lipinski definition) is 3. The second-order valence-electron chi connectivity index (χ2n) is 6.23. The number of hydrogen-bond donors (Lipinski definition) is 2. The molecule has 2 N–H and O–H groups in total. The molecule has 1 heterocycles. The van der Waals surface area contributed by atoms with E-state index in [2.05, 4.69) is 5.32 Å². The monoisotopic (exact) mass is 337 g/mol. The molecule has 0 unspecified atom stereocenters. The maximum Gasteiger partial charge on any atom is 0.258 e. The maximum absolute atomic E-state index is 12.5. The van der Waals surface area contributed by atoms with E-state index in [0.29, 0.717) is 17.5 Å². The molecule has 128 valence electrons. The van der Waals surface area contributed by atoms with Crippen LogP contribution in [0.15, 0.2) is 70.1 Å². The third-order valence-corrected chi connectivity index (χ3v) is 4.29. The molecule has 5 heteroatoms. The molecule has 0 fully saturated rings. The molecule has 1 amide bonds. The number of carbonyl (C=O) groups is 1. The molecule has 0 aliphatic rings. The van der Waals surface area contributed by atoms with Gasteiger partial charge < -0.3 is 14.6 Å². The van der Waals surface area contributed by atoms with Crippen LogP contribution in [0.3, 0.4) is 0 Å². The average Bonchev–Trinajstić information content (AvgIpc) is 2.63. The molecule has 3 rings (SSSR count). The van der Waals surface area contributed by atoms with Gasteiger partial charge in [-0.3, -0.25) is 9.59 Å². The first-order chi connectivity index (χ1) is 12.1. The minimum atomic E-state index is -0.415. The molecule has 0 bridgehead atoms. The Morgan fingerprint density at radius 3 is 2.48 bits per heavy atom. The van der Waals surface area contributed by atoms with Crippen molar-refractivity contribution >= 4 is 16.9 Å². The van der Waals surface area contributed by atoms with Crippen LogP contribution in [0.4, 0.5) is 0 Å². The molecule has 0 radical (unpaired) electrons. The molecule has 1 aromatic heterocycles. The fourth-order valence-electron chi connectivity index (χ4n) is 2.87. The van der Waals surface area contributed by atoms with E-state index in [1.807, 2.05) is 44.4 Å². The van der Waals surface area contributed by atoms with Gasteiger partial charge >= 0.3 is 0 Å². The van der Waals surface area contributed by atoms with E-state index in [1.165, 1.54) is 11.2 Å². The number of rotatable bonds is 5. The van der Waals surface area contributed by atoms with Gasteiger partial charge in [-0.15, -0.1) is 0 Å². The van der Waals surface area contributed by atoms with E-state index in [0.717, 1.165) is 5.56 Å². The fraction of sp³-hybridized carbons (Fsp3) is 0.200. The van der Waals surface area contributed by atoms with Gasteiger partial charge in [0.15, 0.2) is 0 Å². The molecule has 5 nitrogen and oxygen atoms in total. The van der Waals surface area contributed by atoms with Crippen LogP contribution in [-0.4, -0.2) is 26.5 Å². The highest BCUT2D eigenvalue weighted by Gasteiger charge is 2.20. The van der Waals surface area contributed by atoms with Gasteiger partial charge in [-0.25, -0.2) is 0 Å². The van der Waals surface area contributed by atoms with Gasteiger partial charge in [0.05, 0.1) is 26.0 Å². The average molecular weight is 337 g/mol. The number of likely N-dealkylation sites (N-methyl/N-ethyl adjacent to an activating group) is 1. The Balaban J connectivity index is 1.80. The van der Waals surface area contributed by atoms with E-state index in [-0.39, 0.29) is 17.0 Å². The summed E-state index contributed by atoms with van der Waals surface area (Å²) in [6.07, 6.45) is 1.24. The maximum atomic E-state index is 12.5. The van der Waals surface area contributed by atoms with Gasteiger partial charge in [0, 0.05) is 5.56 Å². The summed E-state index contributed by atoms with van der Waals surface area (Å²) < 4.78 is 5.42. The second kappa shape index (κ2) is 7.32. The lowest BCUT2D eigenvalue weighted by atomic mass is 10.1. The SMILES string of the molecule is C[NH+](C)[C@@H](CNC(=O)c1coc2ccccc2c1=O)c1ccccc1. The summed E-state index contributed by atoms with van der Waals surface area (Å²) in [4.78, 5) is 26.2. The van der Waals surface area contributed by atoms with E-state index < -0.39 is 5.91 Å². The van der Waals surface area contributed by atoms with Crippen LogP contribution >= 0.6 is 0 Å². The molecule has 3 aromatic rings. The highest BCUT2D eigenvalue weighted by Crippen LogP contribution is 2.11. The summed E-state index contributed by atoms with van der Waals surface area (Å²) in [5.41, 5.74) is 1.32. The predicted molar refractivity (Wildman–Crippen MR) is 96.8 cm³/mol. The molecular weight excluding hydrogens is 316 g/mol. The summed E-state index contributed by atoms with van der Waals surface area (Å²) in [6, 6.07) is 17.0.